The van der Waals surface area contributed by atoms with E-state index in [1.165, 1.54) is 0 Å². The lowest BCUT2D eigenvalue weighted by molar-refractivity contribution is -0.275. The average molecular weight is 302 g/mol. The summed E-state index contributed by atoms with van der Waals surface area (Å²) in [5, 5.41) is 2.13. The minimum Gasteiger partial charge on any atom is -0.375 e. The zero-order valence-corrected chi connectivity index (χ0v) is 10.1. The normalized spacial score (nSPS) is 23.2. The molecule has 0 aromatic heterocycles. The first-order valence-corrected chi connectivity index (χ1v) is 5.45. The van der Waals surface area contributed by atoms with Gasteiger partial charge in [0.1, 0.15) is 0 Å². The molecule has 98 valence electrons. The lowest BCUT2D eigenvalue weighted by atomic mass is 9.90. The minimum atomic E-state index is -4.73. The van der Waals surface area contributed by atoms with Crippen LogP contribution in [0.1, 0.15) is 12.0 Å². The van der Waals surface area contributed by atoms with Gasteiger partial charge in [-0.2, -0.15) is 13.2 Å². The number of hydrogen-bond donors (Lipinski definition) is 0. The maximum Gasteiger partial charge on any atom is 0.435 e. The van der Waals surface area contributed by atoms with E-state index in [1.54, 1.807) is 0 Å². The Morgan fingerprint density at radius 2 is 1.78 bits per heavy atom. The van der Waals surface area contributed by atoms with E-state index in [-0.39, 0.29) is 5.56 Å². The number of halogens is 6. The van der Waals surface area contributed by atoms with Crippen LogP contribution in [-0.2, 0) is 10.4 Å². The number of rotatable bonds is 1. The smallest absolute Gasteiger partial charge is 0.375 e. The third kappa shape index (κ3) is 1.93. The summed E-state index contributed by atoms with van der Waals surface area (Å²) in [7, 11) is 0. The molecule has 0 bridgehead atoms. The van der Waals surface area contributed by atoms with E-state index in [0.717, 1.165) is 18.3 Å². The zero-order chi connectivity index (χ0) is 13.6. The van der Waals surface area contributed by atoms with Crippen molar-refractivity contribution in [1.82, 2.24) is 0 Å². The van der Waals surface area contributed by atoms with Gasteiger partial charge in [-0.05, 0) is 12.1 Å². The van der Waals surface area contributed by atoms with Gasteiger partial charge in [-0.25, -0.2) is 4.39 Å². The van der Waals surface area contributed by atoms with Crippen molar-refractivity contribution >= 4 is 29.4 Å². The van der Waals surface area contributed by atoms with E-state index in [0.29, 0.717) is 0 Å². The van der Waals surface area contributed by atoms with Gasteiger partial charge in [-0.1, -0.05) is 28.4 Å². The topological polar surface area (TPSA) is 21.6 Å². The summed E-state index contributed by atoms with van der Waals surface area (Å²) < 4.78 is 52.4. The molecule has 0 aliphatic carbocycles. The molecule has 1 aromatic carbocycles. The molecule has 1 heterocycles. The monoisotopic (exact) mass is 301 g/mol. The number of hydrogen-bond acceptors (Lipinski definition) is 2. The summed E-state index contributed by atoms with van der Waals surface area (Å²) in [6.45, 7) is 0. The summed E-state index contributed by atoms with van der Waals surface area (Å²) in [5.74, 6) is -0.974. The van der Waals surface area contributed by atoms with Crippen LogP contribution in [0.15, 0.2) is 17.3 Å². The molecule has 2 rings (SSSR count). The molecule has 0 radical (unpaired) electrons. The Labute approximate surface area is 109 Å². The van der Waals surface area contributed by atoms with Crippen LogP contribution < -0.4 is 0 Å². The lowest BCUT2D eigenvalue weighted by Crippen LogP contribution is -2.42. The van der Waals surface area contributed by atoms with Crippen LogP contribution in [0.3, 0.4) is 0 Å². The van der Waals surface area contributed by atoms with E-state index in [4.69, 9.17) is 23.2 Å². The zero-order valence-electron chi connectivity index (χ0n) is 8.56. The summed E-state index contributed by atoms with van der Waals surface area (Å²) in [4.78, 5) is 4.45. The third-order valence-corrected chi connectivity index (χ3v) is 3.12. The van der Waals surface area contributed by atoms with Gasteiger partial charge in [0.2, 0.25) is 0 Å². The van der Waals surface area contributed by atoms with Gasteiger partial charge >= 0.3 is 6.18 Å². The van der Waals surface area contributed by atoms with Crippen LogP contribution in [0.4, 0.5) is 17.6 Å². The molecule has 18 heavy (non-hydrogen) atoms. The van der Waals surface area contributed by atoms with Crippen molar-refractivity contribution in [1.29, 1.82) is 0 Å². The molecule has 1 aliphatic rings. The molecule has 1 aliphatic heterocycles. The number of benzene rings is 1. The molecule has 0 fully saturated rings. The standard InChI is InChI=1S/C10H5Cl2F4NO/c11-6-3-5(4-7(12)8(6)13)9(10(14,15)16)1-2-17-18-9/h2-4H,1H2/t9-/m0/s1. The fraction of sp³-hybridized carbons (Fsp3) is 0.300. The molecule has 8 heteroatoms. The fourth-order valence-corrected chi connectivity index (χ4v) is 2.11. The SMILES string of the molecule is Fc1c(Cl)cc([C@]2(C(F)(F)F)CC=NO2)cc1Cl. The summed E-state index contributed by atoms with van der Waals surface area (Å²) in [6.07, 6.45) is -4.26. The Bertz CT molecular complexity index is 484. The molecule has 0 spiro atoms. The highest BCUT2D eigenvalue weighted by Crippen LogP contribution is 2.48. The maximum absolute atomic E-state index is 13.2. The van der Waals surface area contributed by atoms with Gasteiger partial charge in [0.25, 0.3) is 5.60 Å². The molecule has 1 atom stereocenters. The van der Waals surface area contributed by atoms with E-state index in [9.17, 15) is 17.6 Å². The van der Waals surface area contributed by atoms with Crippen molar-refractivity contribution in [2.75, 3.05) is 0 Å². The Hall–Kier alpha value is -1.01. The van der Waals surface area contributed by atoms with Crippen LogP contribution in [0, 0.1) is 5.82 Å². The largest absolute Gasteiger partial charge is 0.435 e. The minimum absolute atomic E-state index is 0.385. The third-order valence-electron chi connectivity index (χ3n) is 2.57. The molecule has 0 saturated carbocycles. The highest BCUT2D eigenvalue weighted by Gasteiger charge is 2.60. The predicted octanol–water partition coefficient (Wildman–Crippen LogP) is 4.30. The Morgan fingerprint density at radius 3 is 2.17 bits per heavy atom. The van der Waals surface area contributed by atoms with Crippen molar-refractivity contribution in [2.45, 2.75) is 18.2 Å². The summed E-state index contributed by atoms with van der Waals surface area (Å²) >= 11 is 11.0. The van der Waals surface area contributed by atoms with E-state index < -0.39 is 34.1 Å². The van der Waals surface area contributed by atoms with Crippen LogP contribution in [-0.4, -0.2) is 12.4 Å². The number of nitrogens with zero attached hydrogens (tertiary/aromatic N) is 1. The second-order valence-electron chi connectivity index (χ2n) is 3.66. The van der Waals surface area contributed by atoms with Gasteiger partial charge in [-0.3, -0.25) is 0 Å². The number of alkyl halides is 3. The molecular formula is C10H5Cl2F4NO. The first kappa shape index (κ1) is 13.4. The van der Waals surface area contributed by atoms with Crippen LogP contribution in [0.2, 0.25) is 10.0 Å². The Kier molecular flexibility index (Phi) is 3.19. The fourth-order valence-electron chi connectivity index (χ4n) is 1.62. The second kappa shape index (κ2) is 4.28. The molecular weight excluding hydrogens is 297 g/mol. The van der Waals surface area contributed by atoms with Gasteiger partial charge in [0, 0.05) is 18.2 Å². The average Bonchev–Trinajstić information content (AvgIpc) is 2.74. The van der Waals surface area contributed by atoms with Crippen molar-refractivity contribution in [3.05, 3.63) is 33.6 Å². The lowest BCUT2D eigenvalue weighted by Gasteiger charge is -2.29. The summed E-state index contributed by atoms with van der Waals surface area (Å²) in [6, 6.07) is 1.68. The van der Waals surface area contributed by atoms with Crippen LogP contribution in [0.5, 0.6) is 0 Å². The van der Waals surface area contributed by atoms with Gasteiger partial charge in [-0.15, -0.1) is 0 Å². The van der Waals surface area contributed by atoms with Crippen LogP contribution in [0.25, 0.3) is 0 Å². The number of oxime groups is 1. The Morgan fingerprint density at radius 1 is 1.22 bits per heavy atom. The molecule has 0 unspecified atom stereocenters. The van der Waals surface area contributed by atoms with Gasteiger partial charge in [0.05, 0.1) is 10.0 Å². The van der Waals surface area contributed by atoms with Crippen molar-refractivity contribution in [2.24, 2.45) is 5.16 Å². The van der Waals surface area contributed by atoms with Crippen molar-refractivity contribution in [3.8, 4) is 0 Å². The first-order valence-electron chi connectivity index (χ1n) is 4.70. The summed E-state index contributed by atoms with van der Waals surface area (Å²) in [5.41, 5.74) is -3.04. The molecule has 1 aromatic rings. The van der Waals surface area contributed by atoms with Crippen molar-refractivity contribution < 1.29 is 22.4 Å². The molecule has 2 nitrogen and oxygen atoms in total. The van der Waals surface area contributed by atoms with E-state index >= 15 is 0 Å². The molecule has 0 N–H and O–H groups in total. The van der Waals surface area contributed by atoms with Gasteiger partial charge in [0.15, 0.2) is 5.82 Å². The van der Waals surface area contributed by atoms with E-state index in [1.807, 2.05) is 0 Å². The highest BCUT2D eigenvalue weighted by molar-refractivity contribution is 6.35. The second-order valence-corrected chi connectivity index (χ2v) is 4.48. The molecule has 0 saturated heterocycles. The maximum atomic E-state index is 13.2. The van der Waals surface area contributed by atoms with E-state index in [2.05, 4.69) is 9.99 Å². The first-order chi connectivity index (χ1) is 8.28. The van der Waals surface area contributed by atoms with Gasteiger partial charge < -0.3 is 4.84 Å². The van der Waals surface area contributed by atoms with Crippen LogP contribution >= 0.6 is 23.2 Å². The van der Waals surface area contributed by atoms with Crippen molar-refractivity contribution in [3.63, 3.8) is 0 Å². The molecule has 0 amide bonds. The highest BCUT2D eigenvalue weighted by atomic mass is 35.5. The predicted molar refractivity (Wildman–Crippen MR) is 58.3 cm³/mol. The quantitative estimate of drug-likeness (QED) is 0.560. The Balaban J connectivity index is 2.58.